The van der Waals surface area contributed by atoms with Gasteiger partial charge < -0.3 is 10.2 Å². The molecule has 1 aromatic carbocycles. The zero-order valence-electron chi connectivity index (χ0n) is 8.03. The molecule has 0 heterocycles. The van der Waals surface area contributed by atoms with Crippen LogP contribution in [0.15, 0.2) is 17.0 Å². The minimum atomic E-state index is 0.224. The summed E-state index contributed by atoms with van der Waals surface area (Å²) in [6.45, 7) is 3.96. The van der Waals surface area contributed by atoms with Crippen molar-refractivity contribution in [3.05, 3.63) is 17.7 Å². The van der Waals surface area contributed by atoms with Gasteiger partial charge in [0.1, 0.15) is 11.5 Å². The third-order valence-corrected chi connectivity index (χ3v) is 2.72. The Morgan fingerprint density at radius 2 is 1.77 bits per heavy atom. The molecule has 0 atom stereocenters. The van der Waals surface area contributed by atoms with Crippen LogP contribution >= 0.6 is 11.8 Å². The van der Waals surface area contributed by atoms with E-state index in [0.29, 0.717) is 4.90 Å². The molecule has 0 aliphatic carbocycles. The second kappa shape index (κ2) is 3.92. The molecule has 2 N–H and O–H groups in total. The fourth-order valence-electron chi connectivity index (χ4n) is 1.20. The van der Waals surface area contributed by atoms with Gasteiger partial charge in [-0.05, 0) is 24.3 Å². The molecule has 0 saturated heterocycles. The Morgan fingerprint density at radius 3 is 2.23 bits per heavy atom. The molecule has 1 rings (SSSR count). The Morgan fingerprint density at radius 1 is 1.15 bits per heavy atom. The molecule has 2 nitrogen and oxygen atoms in total. The Hall–Kier alpha value is -0.830. The third-order valence-electron chi connectivity index (χ3n) is 1.95. The monoisotopic (exact) mass is 198 g/mol. The average molecular weight is 198 g/mol. The summed E-state index contributed by atoms with van der Waals surface area (Å²) in [6, 6.07) is 3.24. The molecule has 0 aromatic heterocycles. The lowest BCUT2D eigenvalue weighted by Gasteiger charge is -2.10. The standard InChI is InChI=1S/C10H14O2S/c1-6(2)7-4-9(12)10(13-3)5-8(7)11/h4-6,11-12H,1-3H3. The first-order valence-electron chi connectivity index (χ1n) is 4.16. The fraction of sp³-hybridized carbons (Fsp3) is 0.400. The number of hydrogen-bond acceptors (Lipinski definition) is 3. The van der Waals surface area contributed by atoms with Crippen LogP contribution < -0.4 is 0 Å². The molecule has 13 heavy (non-hydrogen) atoms. The van der Waals surface area contributed by atoms with Gasteiger partial charge in [-0.25, -0.2) is 0 Å². The maximum absolute atomic E-state index is 9.59. The molecular formula is C10H14O2S. The molecule has 0 unspecified atom stereocenters. The van der Waals surface area contributed by atoms with E-state index in [-0.39, 0.29) is 17.4 Å². The molecule has 3 heteroatoms. The van der Waals surface area contributed by atoms with Crippen LogP contribution in [0.4, 0.5) is 0 Å². The van der Waals surface area contributed by atoms with E-state index >= 15 is 0 Å². The van der Waals surface area contributed by atoms with Gasteiger partial charge in [0.2, 0.25) is 0 Å². The number of benzene rings is 1. The van der Waals surface area contributed by atoms with Crippen LogP contribution in [0.3, 0.4) is 0 Å². The summed E-state index contributed by atoms with van der Waals surface area (Å²) in [7, 11) is 0. The van der Waals surface area contributed by atoms with E-state index in [1.54, 1.807) is 12.1 Å². The fourth-order valence-corrected chi connectivity index (χ4v) is 1.70. The zero-order valence-corrected chi connectivity index (χ0v) is 8.85. The predicted molar refractivity (Wildman–Crippen MR) is 55.6 cm³/mol. The molecule has 0 amide bonds. The lowest BCUT2D eigenvalue weighted by molar-refractivity contribution is 0.441. The second-order valence-corrected chi connectivity index (χ2v) is 4.09. The predicted octanol–water partition coefficient (Wildman–Crippen LogP) is 2.94. The summed E-state index contributed by atoms with van der Waals surface area (Å²) in [4.78, 5) is 0.710. The van der Waals surface area contributed by atoms with Gasteiger partial charge in [-0.1, -0.05) is 13.8 Å². The summed E-state index contributed by atoms with van der Waals surface area (Å²) in [5, 5.41) is 19.1. The highest BCUT2D eigenvalue weighted by Gasteiger charge is 2.10. The van der Waals surface area contributed by atoms with Crippen LogP contribution in [0.1, 0.15) is 25.3 Å². The molecule has 0 spiro atoms. The van der Waals surface area contributed by atoms with Gasteiger partial charge in [-0.15, -0.1) is 11.8 Å². The van der Waals surface area contributed by atoms with Crippen molar-refractivity contribution in [2.75, 3.05) is 6.26 Å². The zero-order chi connectivity index (χ0) is 10.0. The molecular weight excluding hydrogens is 184 g/mol. The third kappa shape index (κ3) is 2.10. The van der Waals surface area contributed by atoms with Crippen molar-refractivity contribution in [3.8, 4) is 11.5 Å². The van der Waals surface area contributed by atoms with E-state index in [4.69, 9.17) is 0 Å². The highest BCUT2D eigenvalue weighted by atomic mass is 32.2. The number of aromatic hydroxyl groups is 2. The lowest BCUT2D eigenvalue weighted by Crippen LogP contribution is -1.88. The van der Waals surface area contributed by atoms with Crippen molar-refractivity contribution in [1.82, 2.24) is 0 Å². The normalized spacial score (nSPS) is 10.8. The highest BCUT2D eigenvalue weighted by Crippen LogP contribution is 2.36. The number of phenols is 2. The van der Waals surface area contributed by atoms with Gasteiger partial charge in [0.15, 0.2) is 0 Å². The van der Waals surface area contributed by atoms with Crippen LogP contribution in [0, 0.1) is 0 Å². The van der Waals surface area contributed by atoms with Gasteiger partial charge in [0, 0.05) is 5.56 Å². The van der Waals surface area contributed by atoms with Crippen molar-refractivity contribution in [1.29, 1.82) is 0 Å². The second-order valence-electron chi connectivity index (χ2n) is 3.24. The molecule has 0 aliphatic rings. The maximum Gasteiger partial charge on any atom is 0.129 e. The van der Waals surface area contributed by atoms with Crippen LogP contribution in [0.5, 0.6) is 11.5 Å². The molecule has 0 fully saturated rings. The molecule has 1 aromatic rings. The van der Waals surface area contributed by atoms with E-state index in [0.717, 1.165) is 5.56 Å². The minimum Gasteiger partial charge on any atom is -0.508 e. The number of thioether (sulfide) groups is 1. The van der Waals surface area contributed by atoms with Gasteiger partial charge in [-0.3, -0.25) is 0 Å². The quantitative estimate of drug-likeness (QED) is 0.567. The Balaban J connectivity index is 3.20. The van der Waals surface area contributed by atoms with Crippen LogP contribution in [-0.2, 0) is 0 Å². The molecule has 0 bridgehead atoms. The number of rotatable bonds is 2. The van der Waals surface area contributed by atoms with Gasteiger partial charge in [0.25, 0.3) is 0 Å². The lowest BCUT2D eigenvalue weighted by atomic mass is 10.0. The summed E-state index contributed by atoms with van der Waals surface area (Å²) in [5.41, 5.74) is 0.787. The largest absolute Gasteiger partial charge is 0.508 e. The number of phenolic OH excluding ortho intramolecular Hbond substituents is 2. The van der Waals surface area contributed by atoms with E-state index in [1.807, 2.05) is 20.1 Å². The summed E-state index contributed by atoms with van der Waals surface area (Å²) in [5.74, 6) is 0.730. The Bertz CT molecular complexity index is 308. The summed E-state index contributed by atoms with van der Waals surface area (Å²) >= 11 is 1.42. The van der Waals surface area contributed by atoms with Crippen molar-refractivity contribution >= 4 is 11.8 Å². The van der Waals surface area contributed by atoms with Crippen LogP contribution in [0.25, 0.3) is 0 Å². The van der Waals surface area contributed by atoms with Crippen molar-refractivity contribution in [2.24, 2.45) is 0 Å². The van der Waals surface area contributed by atoms with E-state index < -0.39 is 0 Å². The summed E-state index contributed by atoms with van der Waals surface area (Å²) in [6.07, 6.45) is 1.86. The molecule has 0 saturated carbocycles. The first-order chi connectivity index (χ1) is 6.06. The van der Waals surface area contributed by atoms with Gasteiger partial charge in [0.05, 0.1) is 4.90 Å². The van der Waals surface area contributed by atoms with Crippen molar-refractivity contribution in [3.63, 3.8) is 0 Å². The number of hydrogen-bond donors (Lipinski definition) is 2. The first kappa shape index (κ1) is 10.3. The topological polar surface area (TPSA) is 40.5 Å². The van der Waals surface area contributed by atoms with E-state index in [1.165, 1.54) is 11.8 Å². The van der Waals surface area contributed by atoms with E-state index in [2.05, 4.69) is 0 Å². The van der Waals surface area contributed by atoms with Crippen molar-refractivity contribution in [2.45, 2.75) is 24.7 Å². The minimum absolute atomic E-state index is 0.224. The van der Waals surface area contributed by atoms with Crippen molar-refractivity contribution < 1.29 is 10.2 Å². The maximum atomic E-state index is 9.59. The first-order valence-corrected chi connectivity index (χ1v) is 5.38. The van der Waals surface area contributed by atoms with Gasteiger partial charge in [-0.2, -0.15) is 0 Å². The van der Waals surface area contributed by atoms with Crippen LogP contribution in [0.2, 0.25) is 0 Å². The average Bonchev–Trinajstić information content (AvgIpc) is 2.07. The Labute approximate surface area is 82.6 Å². The molecule has 72 valence electrons. The van der Waals surface area contributed by atoms with E-state index in [9.17, 15) is 10.2 Å². The Kier molecular flexibility index (Phi) is 3.09. The molecule has 0 aliphatic heterocycles. The SMILES string of the molecule is CSc1cc(O)c(C(C)C)cc1O. The molecule has 0 radical (unpaired) electrons. The van der Waals surface area contributed by atoms with Gasteiger partial charge >= 0.3 is 0 Å². The summed E-state index contributed by atoms with van der Waals surface area (Å²) < 4.78 is 0. The van der Waals surface area contributed by atoms with Crippen LogP contribution in [-0.4, -0.2) is 16.5 Å². The highest BCUT2D eigenvalue weighted by molar-refractivity contribution is 7.98. The smallest absolute Gasteiger partial charge is 0.129 e.